The standard InChI is InChI=1S/C6H13N3/c1-4-5-8-6(7)9(2)3/h4H,1,5H2,2-3H3,(H2,7,8). The van der Waals surface area contributed by atoms with Crippen LogP contribution in [0, 0.1) is 5.41 Å². The fourth-order valence-corrected chi connectivity index (χ4v) is 0.327. The molecule has 0 saturated carbocycles. The van der Waals surface area contributed by atoms with Gasteiger partial charge < -0.3 is 10.2 Å². The maximum atomic E-state index is 7.21. The lowest BCUT2D eigenvalue weighted by Gasteiger charge is -2.13. The summed E-state index contributed by atoms with van der Waals surface area (Å²) in [4.78, 5) is 1.70. The molecule has 0 spiro atoms. The van der Waals surface area contributed by atoms with Gasteiger partial charge in [0.1, 0.15) is 0 Å². The molecule has 0 amide bonds. The Bertz CT molecular complexity index is 107. The van der Waals surface area contributed by atoms with Crippen molar-refractivity contribution < 1.29 is 0 Å². The van der Waals surface area contributed by atoms with Crippen molar-refractivity contribution in [2.75, 3.05) is 20.6 Å². The molecule has 0 unspecified atom stereocenters. The summed E-state index contributed by atoms with van der Waals surface area (Å²) in [5.41, 5.74) is 0. The van der Waals surface area contributed by atoms with Crippen molar-refractivity contribution in [1.29, 1.82) is 5.41 Å². The van der Waals surface area contributed by atoms with Gasteiger partial charge in [0.2, 0.25) is 0 Å². The van der Waals surface area contributed by atoms with E-state index in [0.717, 1.165) is 0 Å². The summed E-state index contributed by atoms with van der Waals surface area (Å²) in [6.07, 6.45) is 1.72. The largest absolute Gasteiger partial charge is 0.353 e. The van der Waals surface area contributed by atoms with Gasteiger partial charge in [0.05, 0.1) is 0 Å². The van der Waals surface area contributed by atoms with Crippen LogP contribution in [0.3, 0.4) is 0 Å². The quantitative estimate of drug-likeness (QED) is 0.317. The van der Waals surface area contributed by atoms with Crippen molar-refractivity contribution in [3.63, 3.8) is 0 Å². The topological polar surface area (TPSA) is 39.1 Å². The molecule has 0 aliphatic carbocycles. The summed E-state index contributed by atoms with van der Waals surface area (Å²) >= 11 is 0. The third kappa shape index (κ3) is 3.58. The second-order valence-corrected chi connectivity index (χ2v) is 1.91. The molecule has 0 saturated heterocycles. The number of rotatable bonds is 2. The van der Waals surface area contributed by atoms with E-state index in [1.807, 2.05) is 14.1 Å². The average molecular weight is 127 g/mol. The van der Waals surface area contributed by atoms with Crippen LogP contribution in [0.4, 0.5) is 0 Å². The normalized spacial score (nSPS) is 8.22. The minimum atomic E-state index is 0.412. The van der Waals surface area contributed by atoms with Gasteiger partial charge in [-0.2, -0.15) is 0 Å². The summed E-state index contributed by atoms with van der Waals surface area (Å²) in [5, 5.41) is 10.0. The smallest absolute Gasteiger partial charge is 0.190 e. The molecule has 0 rings (SSSR count). The highest BCUT2D eigenvalue weighted by Crippen LogP contribution is 1.71. The minimum Gasteiger partial charge on any atom is -0.353 e. The lowest BCUT2D eigenvalue weighted by molar-refractivity contribution is 0.587. The predicted molar refractivity (Wildman–Crippen MR) is 39.6 cm³/mol. The fourth-order valence-electron chi connectivity index (χ4n) is 0.327. The Balaban J connectivity index is 3.38. The molecule has 0 aromatic carbocycles. The van der Waals surface area contributed by atoms with Crippen LogP contribution in [0.15, 0.2) is 12.7 Å². The molecule has 0 radical (unpaired) electrons. The summed E-state index contributed by atoms with van der Waals surface area (Å²) in [7, 11) is 3.64. The van der Waals surface area contributed by atoms with Gasteiger partial charge in [0.25, 0.3) is 0 Å². The Morgan fingerprint density at radius 1 is 1.78 bits per heavy atom. The summed E-state index contributed by atoms with van der Waals surface area (Å²) in [6.45, 7) is 4.16. The van der Waals surface area contributed by atoms with Crippen LogP contribution in [0.25, 0.3) is 0 Å². The van der Waals surface area contributed by atoms with Gasteiger partial charge in [-0.25, -0.2) is 0 Å². The van der Waals surface area contributed by atoms with E-state index >= 15 is 0 Å². The Labute approximate surface area is 55.9 Å². The molecule has 0 aromatic rings. The molecule has 52 valence electrons. The molecule has 3 heteroatoms. The summed E-state index contributed by atoms with van der Waals surface area (Å²) in [6, 6.07) is 0. The summed E-state index contributed by atoms with van der Waals surface area (Å²) in [5.74, 6) is 0.412. The van der Waals surface area contributed by atoms with E-state index in [1.54, 1.807) is 11.0 Å². The van der Waals surface area contributed by atoms with E-state index in [0.29, 0.717) is 12.5 Å². The first kappa shape index (κ1) is 8.01. The molecule has 0 heterocycles. The molecular formula is C6H13N3. The van der Waals surface area contributed by atoms with Crippen LogP contribution in [-0.4, -0.2) is 31.5 Å². The fraction of sp³-hybridized carbons (Fsp3) is 0.500. The van der Waals surface area contributed by atoms with Crippen molar-refractivity contribution in [3.05, 3.63) is 12.7 Å². The van der Waals surface area contributed by atoms with Gasteiger partial charge in [0, 0.05) is 20.6 Å². The van der Waals surface area contributed by atoms with Crippen LogP contribution in [0.5, 0.6) is 0 Å². The van der Waals surface area contributed by atoms with Crippen LogP contribution in [0.1, 0.15) is 0 Å². The molecular weight excluding hydrogens is 114 g/mol. The van der Waals surface area contributed by atoms with Crippen LogP contribution in [0.2, 0.25) is 0 Å². The Hall–Kier alpha value is -0.990. The molecule has 9 heavy (non-hydrogen) atoms. The molecule has 0 aliphatic heterocycles. The van der Waals surface area contributed by atoms with Gasteiger partial charge in [-0.05, 0) is 0 Å². The maximum absolute atomic E-state index is 7.21. The third-order valence-electron chi connectivity index (χ3n) is 0.861. The van der Waals surface area contributed by atoms with Gasteiger partial charge >= 0.3 is 0 Å². The van der Waals surface area contributed by atoms with E-state index in [-0.39, 0.29) is 0 Å². The highest BCUT2D eigenvalue weighted by Gasteiger charge is 1.92. The first-order valence-electron chi connectivity index (χ1n) is 2.79. The Kier molecular flexibility index (Phi) is 3.51. The average Bonchev–Trinajstić information content (AvgIpc) is 1.82. The van der Waals surface area contributed by atoms with E-state index in [4.69, 9.17) is 5.41 Å². The predicted octanol–water partition coefficient (Wildman–Crippen LogP) is 0.258. The Morgan fingerprint density at radius 2 is 2.33 bits per heavy atom. The van der Waals surface area contributed by atoms with Crippen molar-refractivity contribution in [2.24, 2.45) is 0 Å². The van der Waals surface area contributed by atoms with Crippen molar-refractivity contribution in [2.45, 2.75) is 0 Å². The minimum absolute atomic E-state index is 0.412. The summed E-state index contributed by atoms with van der Waals surface area (Å²) < 4.78 is 0. The molecule has 0 aromatic heterocycles. The zero-order valence-corrected chi connectivity index (χ0v) is 5.94. The number of hydrogen-bond donors (Lipinski definition) is 2. The lowest BCUT2D eigenvalue weighted by atomic mass is 10.6. The first-order valence-corrected chi connectivity index (χ1v) is 2.79. The van der Waals surface area contributed by atoms with Gasteiger partial charge in [0.15, 0.2) is 5.96 Å². The zero-order chi connectivity index (χ0) is 7.28. The van der Waals surface area contributed by atoms with Crippen molar-refractivity contribution in [3.8, 4) is 0 Å². The third-order valence-corrected chi connectivity index (χ3v) is 0.861. The van der Waals surface area contributed by atoms with Gasteiger partial charge in [-0.15, -0.1) is 6.58 Å². The highest BCUT2D eigenvalue weighted by atomic mass is 15.2. The Morgan fingerprint density at radius 3 is 2.67 bits per heavy atom. The monoisotopic (exact) mass is 127 g/mol. The van der Waals surface area contributed by atoms with E-state index in [1.165, 1.54) is 0 Å². The molecule has 0 fully saturated rings. The first-order chi connectivity index (χ1) is 4.18. The van der Waals surface area contributed by atoms with Crippen LogP contribution in [-0.2, 0) is 0 Å². The highest BCUT2D eigenvalue weighted by molar-refractivity contribution is 5.76. The number of guanidine groups is 1. The van der Waals surface area contributed by atoms with E-state index in [2.05, 4.69) is 11.9 Å². The molecule has 2 N–H and O–H groups in total. The van der Waals surface area contributed by atoms with E-state index in [9.17, 15) is 0 Å². The van der Waals surface area contributed by atoms with Crippen molar-refractivity contribution in [1.82, 2.24) is 10.2 Å². The number of nitrogens with zero attached hydrogens (tertiary/aromatic N) is 1. The molecule has 0 bridgehead atoms. The van der Waals surface area contributed by atoms with Crippen LogP contribution >= 0.6 is 0 Å². The number of hydrogen-bond acceptors (Lipinski definition) is 1. The van der Waals surface area contributed by atoms with Gasteiger partial charge in [-0.1, -0.05) is 6.08 Å². The SMILES string of the molecule is C=CCNC(=N)N(C)C. The zero-order valence-electron chi connectivity index (χ0n) is 5.94. The van der Waals surface area contributed by atoms with Crippen molar-refractivity contribution >= 4 is 5.96 Å². The molecule has 0 aliphatic rings. The lowest BCUT2D eigenvalue weighted by Crippen LogP contribution is -2.35. The number of nitrogens with one attached hydrogen (secondary N) is 2. The van der Waals surface area contributed by atoms with Gasteiger partial charge in [-0.3, -0.25) is 5.41 Å². The molecule has 0 atom stereocenters. The second kappa shape index (κ2) is 3.95. The second-order valence-electron chi connectivity index (χ2n) is 1.91. The van der Waals surface area contributed by atoms with E-state index < -0.39 is 0 Å². The van der Waals surface area contributed by atoms with Crippen LogP contribution < -0.4 is 5.32 Å². The molecule has 3 nitrogen and oxygen atoms in total. The maximum Gasteiger partial charge on any atom is 0.190 e.